The number of hydrogen-bond donors (Lipinski definition) is 2. The first-order chi connectivity index (χ1) is 11.7. The predicted octanol–water partition coefficient (Wildman–Crippen LogP) is 1.58. The number of piperidine rings is 1. The molecule has 1 fully saturated rings. The van der Waals surface area contributed by atoms with Gasteiger partial charge in [0, 0.05) is 19.5 Å². The van der Waals surface area contributed by atoms with E-state index in [0.29, 0.717) is 12.3 Å². The minimum atomic E-state index is -0.0439. The number of likely N-dealkylation sites (tertiary alicyclic amines) is 1. The second kappa shape index (κ2) is 10.1. The molecule has 0 radical (unpaired) electrons. The fourth-order valence-corrected chi connectivity index (χ4v) is 3.13. The molecule has 2 N–H and O–H groups in total. The zero-order chi connectivity index (χ0) is 17.2. The van der Waals surface area contributed by atoms with Crippen molar-refractivity contribution in [2.24, 2.45) is 5.92 Å². The van der Waals surface area contributed by atoms with Crippen LogP contribution in [0, 0.1) is 5.92 Å². The summed E-state index contributed by atoms with van der Waals surface area (Å²) in [6, 6.07) is 10.5. The highest BCUT2D eigenvalue weighted by Crippen LogP contribution is 2.21. The molecular weight excluding hydrogens is 302 g/mol. The van der Waals surface area contributed by atoms with Gasteiger partial charge in [-0.05, 0) is 50.8 Å². The molecule has 5 heteroatoms. The lowest BCUT2D eigenvalue weighted by Crippen LogP contribution is -2.44. The summed E-state index contributed by atoms with van der Waals surface area (Å²) < 4.78 is 0. The van der Waals surface area contributed by atoms with E-state index >= 15 is 0 Å². The molecule has 0 aliphatic carbocycles. The summed E-state index contributed by atoms with van der Waals surface area (Å²) in [5, 5.41) is 5.74. The Morgan fingerprint density at radius 2 is 1.88 bits per heavy atom. The average Bonchev–Trinajstić information content (AvgIpc) is 2.61. The molecule has 1 aromatic carbocycles. The molecular formula is C19H29N3O2. The second-order valence-electron chi connectivity index (χ2n) is 6.50. The summed E-state index contributed by atoms with van der Waals surface area (Å²) in [5.41, 5.74) is 1.37. The van der Waals surface area contributed by atoms with Gasteiger partial charge in [0.25, 0.3) is 0 Å². The van der Waals surface area contributed by atoms with Gasteiger partial charge < -0.3 is 15.5 Å². The van der Waals surface area contributed by atoms with Crippen molar-refractivity contribution in [3.05, 3.63) is 35.9 Å². The summed E-state index contributed by atoms with van der Waals surface area (Å²) in [6.45, 7) is 2.54. The lowest BCUT2D eigenvalue weighted by atomic mass is 9.90. The molecule has 0 spiro atoms. The Labute approximate surface area is 144 Å². The van der Waals surface area contributed by atoms with Crippen molar-refractivity contribution in [1.82, 2.24) is 15.5 Å². The fraction of sp³-hybridized carbons (Fsp3) is 0.579. The number of nitrogens with one attached hydrogen (secondary N) is 2. The van der Waals surface area contributed by atoms with Crippen molar-refractivity contribution in [2.45, 2.75) is 32.1 Å². The van der Waals surface area contributed by atoms with E-state index in [4.69, 9.17) is 0 Å². The topological polar surface area (TPSA) is 61.4 Å². The summed E-state index contributed by atoms with van der Waals surface area (Å²) in [4.78, 5) is 25.7. The average molecular weight is 331 g/mol. The van der Waals surface area contributed by atoms with Gasteiger partial charge in [-0.1, -0.05) is 30.3 Å². The van der Waals surface area contributed by atoms with Crippen molar-refractivity contribution in [1.29, 1.82) is 0 Å². The van der Waals surface area contributed by atoms with Gasteiger partial charge in [-0.3, -0.25) is 9.59 Å². The molecule has 0 bridgehead atoms. The van der Waals surface area contributed by atoms with Crippen LogP contribution in [0.4, 0.5) is 0 Å². The first-order valence-corrected chi connectivity index (χ1v) is 8.92. The Morgan fingerprint density at radius 3 is 2.54 bits per heavy atom. The van der Waals surface area contributed by atoms with Crippen LogP contribution in [0.25, 0.3) is 0 Å². The number of rotatable bonds is 8. The third kappa shape index (κ3) is 6.32. The van der Waals surface area contributed by atoms with E-state index in [2.05, 4.69) is 34.9 Å². The van der Waals surface area contributed by atoms with E-state index in [1.54, 1.807) is 0 Å². The third-order valence-corrected chi connectivity index (χ3v) is 4.60. The molecule has 1 saturated heterocycles. The third-order valence-electron chi connectivity index (χ3n) is 4.60. The number of benzene rings is 1. The van der Waals surface area contributed by atoms with Crippen LogP contribution in [0.1, 0.15) is 31.2 Å². The quantitative estimate of drug-likeness (QED) is 0.711. The monoisotopic (exact) mass is 331 g/mol. The Morgan fingerprint density at radius 1 is 1.17 bits per heavy atom. The van der Waals surface area contributed by atoms with E-state index < -0.39 is 0 Å². The smallest absolute Gasteiger partial charge is 0.241 e. The van der Waals surface area contributed by atoms with Crippen molar-refractivity contribution in [2.75, 3.05) is 33.2 Å². The van der Waals surface area contributed by atoms with E-state index in [-0.39, 0.29) is 18.4 Å². The summed E-state index contributed by atoms with van der Waals surface area (Å²) in [6.07, 6.45) is 4.42. The second-order valence-corrected chi connectivity index (χ2v) is 6.50. The van der Waals surface area contributed by atoms with Gasteiger partial charge in [-0.15, -0.1) is 0 Å². The highest BCUT2D eigenvalue weighted by atomic mass is 16.2. The minimum absolute atomic E-state index is 0.0372. The first-order valence-electron chi connectivity index (χ1n) is 8.92. The highest BCUT2D eigenvalue weighted by Gasteiger charge is 2.22. The van der Waals surface area contributed by atoms with Crippen LogP contribution in [0.3, 0.4) is 0 Å². The van der Waals surface area contributed by atoms with Crippen LogP contribution in [-0.2, 0) is 16.0 Å². The molecule has 132 valence electrons. The Hall–Kier alpha value is -1.88. The van der Waals surface area contributed by atoms with Gasteiger partial charge in [0.1, 0.15) is 0 Å². The zero-order valence-electron chi connectivity index (χ0n) is 14.6. The standard InChI is InChI=1S/C19H29N3O2/c1-20-11-5-8-18(23)21-15-19(24)22-12-9-17(10-13-22)14-16-6-3-2-4-7-16/h2-4,6-7,17,20H,5,8-15H2,1H3,(H,21,23). The van der Waals surface area contributed by atoms with Crippen molar-refractivity contribution in [3.63, 3.8) is 0 Å². The van der Waals surface area contributed by atoms with E-state index in [1.165, 1.54) is 5.56 Å². The molecule has 0 unspecified atom stereocenters. The maximum Gasteiger partial charge on any atom is 0.241 e. The molecule has 2 rings (SSSR count). The number of hydrogen-bond acceptors (Lipinski definition) is 3. The Kier molecular flexibility index (Phi) is 7.75. The van der Waals surface area contributed by atoms with Gasteiger partial charge in [0.05, 0.1) is 6.54 Å². The molecule has 5 nitrogen and oxygen atoms in total. The number of amides is 2. The van der Waals surface area contributed by atoms with Gasteiger partial charge >= 0.3 is 0 Å². The van der Waals surface area contributed by atoms with Gasteiger partial charge in [-0.25, -0.2) is 0 Å². The maximum atomic E-state index is 12.2. The molecule has 1 aliphatic heterocycles. The summed E-state index contributed by atoms with van der Waals surface area (Å²) in [7, 11) is 1.86. The van der Waals surface area contributed by atoms with Crippen LogP contribution in [0.5, 0.6) is 0 Å². The van der Waals surface area contributed by atoms with Crippen molar-refractivity contribution in [3.8, 4) is 0 Å². The molecule has 0 saturated carbocycles. The SMILES string of the molecule is CNCCCC(=O)NCC(=O)N1CCC(Cc2ccccc2)CC1. The van der Waals surface area contributed by atoms with Crippen LogP contribution in [-0.4, -0.2) is 49.9 Å². The molecule has 1 aromatic rings. The lowest BCUT2D eigenvalue weighted by Gasteiger charge is -2.32. The number of nitrogens with zero attached hydrogens (tertiary/aromatic N) is 1. The molecule has 0 atom stereocenters. The molecule has 2 amide bonds. The maximum absolute atomic E-state index is 12.2. The minimum Gasteiger partial charge on any atom is -0.347 e. The summed E-state index contributed by atoms with van der Waals surface area (Å²) in [5.74, 6) is 0.639. The molecule has 1 aliphatic rings. The van der Waals surface area contributed by atoms with Crippen molar-refractivity contribution < 1.29 is 9.59 Å². The molecule has 1 heterocycles. The first kappa shape index (κ1) is 18.5. The van der Waals surface area contributed by atoms with Crippen molar-refractivity contribution >= 4 is 11.8 Å². The van der Waals surface area contributed by atoms with Gasteiger partial charge in [-0.2, -0.15) is 0 Å². The lowest BCUT2D eigenvalue weighted by molar-refractivity contribution is -0.134. The largest absolute Gasteiger partial charge is 0.347 e. The predicted molar refractivity (Wildman–Crippen MR) is 95.6 cm³/mol. The number of carbonyl (C=O) groups is 2. The summed E-state index contributed by atoms with van der Waals surface area (Å²) >= 11 is 0. The van der Waals surface area contributed by atoms with Crippen LogP contribution >= 0.6 is 0 Å². The Bertz CT molecular complexity index is 511. The van der Waals surface area contributed by atoms with E-state index in [0.717, 1.165) is 45.3 Å². The van der Waals surface area contributed by atoms with Gasteiger partial charge in [0.2, 0.25) is 11.8 Å². The number of carbonyl (C=O) groups excluding carboxylic acids is 2. The van der Waals surface area contributed by atoms with E-state index in [1.807, 2.05) is 18.0 Å². The molecule has 24 heavy (non-hydrogen) atoms. The molecule has 0 aromatic heterocycles. The fourth-order valence-electron chi connectivity index (χ4n) is 3.13. The zero-order valence-corrected chi connectivity index (χ0v) is 14.6. The van der Waals surface area contributed by atoms with Crippen LogP contribution < -0.4 is 10.6 Å². The van der Waals surface area contributed by atoms with E-state index in [9.17, 15) is 9.59 Å². The van der Waals surface area contributed by atoms with Gasteiger partial charge in [0.15, 0.2) is 0 Å². The normalized spacial score (nSPS) is 15.3. The Balaban J connectivity index is 1.64. The highest BCUT2D eigenvalue weighted by molar-refractivity contribution is 5.84. The van der Waals surface area contributed by atoms with Crippen LogP contribution in [0.2, 0.25) is 0 Å². The van der Waals surface area contributed by atoms with Crippen LogP contribution in [0.15, 0.2) is 30.3 Å².